The smallest absolute Gasteiger partial charge is 0.128 e. The van der Waals surface area contributed by atoms with Crippen molar-refractivity contribution < 1.29 is 9.84 Å². The first-order valence-electron chi connectivity index (χ1n) is 9.09. The lowest BCUT2D eigenvalue weighted by Crippen LogP contribution is -2.49. The number of aromatic amines is 1. The summed E-state index contributed by atoms with van der Waals surface area (Å²) in [7, 11) is 0. The Kier molecular flexibility index (Phi) is 4.74. The van der Waals surface area contributed by atoms with Gasteiger partial charge < -0.3 is 19.7 Å². The number of aliphatic hydroxyl groups is 1. The highest BCUT2D eigenvalue weighted by atomic mass is 16.5. The summed E-state index contributed by atoms with van der Waals surface area (Å²) in [6.45, 7) is 6.68. The van der Waals surface area contributed by atoms with Crippen LogP contribution >= 0.6 is 0 Å². The largest absolute Gasteiger partial charge is 0.490 e. The lowest BCUT2D eigenvalue weighted by molar-refractivity contribution is 0.0456. The van der Waals surface area contributed by atoms with Gasteiger partial charge in [0.05, 0.1) is 0 Å². The second-order valence-electron chi connectivity index (χ2n) is 7.20. The van der Waals surface area contributed by atoms with E-state index in [0.29, 0.717) is 13.2 Å². The molecule has 0 bridgehead atoms. The van der Waals surface area contributed by atoms with Crippen LogP contribution in [0.4, 0.5) is 0 Å². The Bertz CT molecular complexity index is 659. The molecular weight excluding hydrogens is 302 g/mol. The first-order chi connectivity index (χ1) is 11.8. The van der Waals surface area contributed by atoms with Crippen LogP contribution in [0.15, 0.2) is 30.5 Å². The van der Waals surface area contributed by atoms with Gasteiger partial charge in [-0.05, 0) is 37.0 Å². The number of ether oxygens (including phenoxy) is 1. The van der Waals surface area contributed by atoms with Crippen molar-refractivity contribution in [2.45, 2.75) is 18.9 Å². The van der Waals surface area contributed by atoms with Gasteiger partial charge in [-0.15, -0.1) is 0 Å². The number of benzene rings is 1. The first-order valence-corrected chi connectivity index (χ1v) is 9.09. The Hall–Kier alpha value is -1.56. The zero-order chi connectivity index (χ0) is 16.4. The Morgan fingerprint density at radius 2 is 1.92 bits per heavy atom. The van der Waals surface area contributed by atoms with E-state index in [0.717, 1.165) is 48.7 Å². The molecule has 1 aliphatic carbocycles. The van der Waals surface area contributed by atoms with Crippen molar-refractivity contribution in [2.24, 2.45) is 5.92 Å². The van der Waals surface area contributed by atoms with Crippen LogP contribution in [-0.4, -0.2) is 71.9 Å². The van der Waals surface area contributed by atoms with Crippen LogP contribution in [0.5, 0.6) is 5.75 Å². The fourth-order valence-corrected chi connectivity index (χ4v) is 3.54. The van der Waals surface area contributed by atoms with Gasteiger partial charge in [0.1, 0.15) is 18.5 Å². The molecule has 130 valence electrons. The van der Waals surface area contributed by atoms with E-state index in [-0.39, 0.29) is 0 Å². The average molecular weight is 329 g/mol. The lowest BCUT2D eigenvalue weighted by atomic mass is 10.2. The highest BCUT2D eigenvalue weighted by Gasteiger charge is 2.26. The van der Waals surface area contributed by atoms with Gasteiger partial charge in [0, 0.05) is 56.4 Å². The quantitative estimate of drug-likeness (QED) is 0.815. The third-order valence-corrected chi connectivity index (χ3v) is 5.13. The summed E-state index contributed by atoms with van der Waals surface area (Å²) < 4.78 is 5.86. The standard InChI is InChI=1S/C19H27N3O2/c23-16(13-22-10-8-21(9-11-22)12-15-4-5-15)14-24-19-3-1-2-18-17(19)6-7-20-18/h1-3,6-7,15-16,20,23H,4-5,8-14H2. The van der Waals surface area contributed by atoms with Crippen molar-refractivity contribution in [1.82, 2.24) is 14.8 Å². The summed E-state index contributed by atoms with van der Waals surface area (Å²) in [5.74, 6) is 1.80. The summed E-state index contributed by atoms with van der Waals surface area (Å²) in [5.41, 5.74) is 1.06. The van der Waals surface area contributed by atoms with Crippen LogP contribution in [0.1, 0.15) is 12.8 Å². The number of nitrogens with one attached hydrogen (secondary N) is 1. The molecule has 1 saturated carbocycles. The molecule has 2 heterocycles. The van der Waals surface area contributed by atoms with Crippen LogP contribution < -0.4 is 4.74 Å². The van der Waals surface area contributed by atoms with Crippen molar-refractivity contribution in [2.75, 3.05) is 45.9 Å². The molecule has 0 radical (unpaired) electrons. The van der Waals surface area contributed by atoms with Gasteiger partial charge in [-0.2, -0.15) is 0 Å². The summed E-state index contributed by atoms with van der Waals surface area (Å²) in [6.07, 6.45) is 4.30. The van der Waals surface area contributed by atoms with Crippen LogP contribution in [0.3, 0.4) is 0 Å². The number of aromatic nitrogens is 1. The Morgan fingerprint density at radius 1 is 1.12 bits per heavy atom. The van der Waals surface area contributed by atoms with Crippen molar-refractivity contribution in [3.8, 4) is 5.75 Å². The van der Waals surface area contributed by atoms with Gasteiger partial charge >= 0.3 is 0 Å². The van der Waals surface area contributed by atoms with E-state index in [1.807, 2.05) is 30.5 Å². The van der Waals surface area contributed by atoms with E-state index < -0.39 is 6.10 Å². The predicted octanol–water partition coefficient (Wildman–Crippen LogP) is 1.94. The van der Waals surface area contributed by atoms with Gasteiger partial charge in [0.25, 0.3) is 0 Å². The molecule has 24 heavy (non-hydrogen) atoms. The topological polar surface area (TPSA) is 51.7 Å². The maximum absolute atomic E-state index is 10.3. The SMILES string of the molecule is OC(COc1cccc2[nH]ccc12)CN1CCN(CC2CC2)CC1. The van der Waals surface area contributed by atoms with E-state index in [2.05, 4.69) is 14.8 Å². The third-order valence-electron chi connectivity index (χ3n) is 5.13. The zero-order valence-electron chi connectivity index (χ0n) is 14.2. The number of rotatable bonds is 7. The first kappa shape index (κ1) is 15.9. The molecule has 2 aromatic rings. The number of hydrogen-bond acceptors (Lipinski definition) is 4. The number of β-amino-alcohol motifs (C(OH)–C–C–N with tert-alkyl or cyclic N) is 1. The molecule has 5 nitrogen and oxygen atoms in total. The van der Waals surface area contributed by atoms with E-state index in [1.54, 1.807) is 0 Å². The molecule has 1 saturated heterocycles. The molecule has 0 amide bonds. The molecule has 2 fully saturated rings. The molecule has 1 aliphatic heterocycles. The van der Waals surface area contributed by atoms with Crippen LogP contribution in [-0.2, 0) is 0 Å². The number of hydrogen-bond donors (Lipinski definition) is 2. The number of aliphatic hydroxyl groups excluding tert-OH is 1. The summed E-state index contributed by atoms with van der Waals surface area (Å²) in [6, 6.07) is 7.97. The number of H-pyrrole nitrogens is 1. The minimum absolute atomic E-state index is 0.340. The van der Waals surface area contributed by atoms with Crippen LogP contribution in [0, 0.1) is 5.92 Å². The fraction of sp³-hybridized carbons (Fsp3) is 0.579. The number of fused-ring (bicyclic) bond motifs is 1. The molecule has 0 spiro atoms. The lowest BCUT2D eigenvalue weighted by Gasteiger charge is -2.35. The van der Waals surface area contributed by atoms with Gasteiger partial charge in [-0.1, -0.05) is 6.07 Å². The van der Waals surface area contributed by atoms with Crippen molar-refractivity contribution in [1.29, 1.82) is 0 Å². The van der Waals surface area contributed by atoms with E-state index in [4.69, 9.17) is 4.74 Å². The second-order valence-corrected chi connectivity index (χ2v) is 7.20. The number of piperazine rings is 1. The molecule has 1 aromatic heterocycles. The Balaban J connectivity index is 1.22. The molecule has 1 atom stereocenters. The monoisotopic (exact) mass is 329 g/mol. The van der Waals surface area contributed by atoms with Crippen LogP contribution in [0.2, 0.25) is 0 Å². The van der Waals surface area contributed by atoms with E-state index in [9.17, 15) is 5.11 Å². The minimum atomic E-state index is -0.450. The van der Waals surface area contributed by atoms with Gasteiger partial charge in [0.15, 0.2) is 0 Å². The fourth-order valence-electron chi connectivity index (χ4n) is 3.54. The molecule has 4 rings (SSSR count). The molecule has 2 aliphatic rings. The molecule has 1 aromatic carbocycles. The third kappa shape index (κ3) is 3.91. The summed E-state index contributed by atoms with van der Waals surface area (Å²) in [5, 5.41) is 11.4. The molecule has 5 heteroatoms. The molecular formula is C19H27N3O2. The minimum Gasteiger partial charge on any atom is -0.490 e. The normalized spacial score (nSPS) is 21.2. The van der Waals surface area contributed by atoms with Crippen LogP contribution in [0.25, 0.3) is 10.9 Å². The average Bonchev–Trinajstić information content (AvgIpc) is 3.27. The number of nitrogens with zero attached hydrogens (tertiary/aromatic N) is 2. The van der Waals surface area contributed by atoms with Crippen molar-refractivity contribution in [3.63, 3.8) is 0 Å². The maximum Gasteiger partial charge on any atom is 0.128 e. The highest BCUT2D eigenvalue weighted by molar-refractivity contribution is 5.85. The van der Waals surface area contributed by atoms with E-state index in [1.165, 1.54) is 19.4 Å². The maximum atomic E-state index is 10.3. The summed E-state index contributed by atoms with van der Waals surface area (Å²) in [4.78, 5) is 8.11. The zero-order valence-corrected chi connectivity index (χ0v) is 14.2. The van der Waals surface area contributed by atoms with Crippen molar-refractivity contribution >= 4 is 10.9 Å². The Labute approximate surface area is 143 Å². The summed E-state index contributed by atoms with van der Waals surface area (Å²) >= 11 is 0. The molecule has 1 unspecified atom stereocenters. The second kappa shape index (κ2) is 7.13. The Morgan fingerprint density at radius 3 is 2.71 bits per heavy atom. The highest BCUT2D eigenvalue weighted by Crippen LogP contribution is 2.30. The van der Waals surface area contributed by atoms with Crippen molar-refractivity contribution in [3.05, 3.63) is 30.5 Å². The van der Waals surface area contributed by atoms with Gasteiger partial charge in [-0.25, -0.2) is 0 Å². The van der Waals surface area contributed by atoms with Gasteiger partial charge in [0.2, 0.25) is 0 Å². The molecule has 2 N–H and O–H groups in total. The predicted molar refractivity (Wildman–Crippen MR) is 95.4 cm³/mol. The van der Waals surface area contributed by atoms with E-state index >= 15 is 0 Å². The van der Waals surface area contributed by atoms with Gasteiger partial charge in [-0.3, -0.25) is 4.90 Å².